The third-order valence-corrected chi connectivity index (χ3v) is 10.9. The lowest BCUT2D eigenvalue weighted by Crippen LogP contribution is -2.20. The van der Waals surface area contributed by atoms with Gasteiger partial charge in [0.2, 0.25) is 0 Å². The van der Waals surface area contributed by atoms with Crippen LogP contribution >= 0.6 is 7.14 Å². The Morgan fingerprint density at radius 1 is 0.514 bits per heavy atom. The molecule has 7 aromatic rings. The van der Waals surface area contributed by atoms with Crippen molar-refractivity contribution in [2.75, 3.05) is 0 Å². The van der Waals surface area contributed by atoms with E-state index in [9.17, 15) is 0 Å². The highest BCUT2D eigenvalue weighted by Gasteiger charge is 2.40. The highest BCUT2D eigenvalue weighted by atomic mass is 31.2. The zero-order chi connectivity index (χ0) is 24.6. The Labute approximate surface area is 214 Å². The summed E-state index contributed by atoms with van der Waals surface area (Å²) in [5, 5.41) is 7.49. The van der Waals surface area contributed by atoms with Gasteiger partial charge in [-0.1, -0.05) is 109 Å². The molecule has 0 bridgehead atoms. The van der Waals surface area contributed by atoms with Gasteiger partial charge in [0.25, 0.3) is 0 Å². The summed E-state index contributed by atoms with van der Waals surface area (Å²) in [6.07, 6.45) is 0. The van der Waals surface area contributed by atoms with Gasteiger partial charge < -0.3 is 9.13 Å². The maximum absolute atomic E-state index is 15.1. The predicted octanol–water partition coefficient (Wildman–Crippen LogP) is 7.56. The van der Waals surface area contributed by atoms with E-state index in [1.165, 1.54) is 21.7 Å². The molecule has 0 fully saturated rings. The standard InChI is InChI=1S/C34H22NOP/c36-37(25-14-5-2-6-15-25)32-18-10-9-17-27(32)30-21-31-29(22-33(30)37)28-20-19-23-11-7-8-16-26(23)34(28)35(31)24-12-3-1-4-13-24/h1-22H. The summed E-state index contributed by atoms with van der Waals surface area (Å²) >= 11 is 0. The van der Waals surface area contributed by atoms with Gasteiger partial charge in [-0.15, -0.1) is 0 Å². The number of benzene rings is 6. The largest absolute Gasteiger partial charge is 0.309 e. The summed E-state index contributed by atoms with van der Waals surface area (Å²) in [4.78, 5) is 0. The fourth-order valence-corrected chi connectivity index (χ4v) is 9.23. The van der Waals surface area contributed by atoms with Crippen LogP contribution in [-0.2, 0) is 4.57 Å². The van der Waals surface area contributed by atoms with Crippen molar-refractivity contribution in [3.05, 3.63) is 133 Å². The molecule has 0 aliphatic carbocycles. The lowest BCUT2D eigenvalue weighted by Gasteiger charge is -2.16. The summed E-state index contributed by atoms with van der Waals surface area (Å²) < 4.78 is 17.5. The molecule has 0 spiro atoms. The molecule has 0 saturated heterocycles. The smallest absolute Gasteiger partial charge is 0.172 e. The summed E-state index contributed by atoms with van der Waals surface area (Å²) in [5.41, 5.74) is 5.58. The summed E-state index contributed by atoms with van der Waals surface area (Å²) in [6, 6.07) is 46.2. The Kier molecular flexibility index (Phi) is 4.24. The Bertz CT molecular complexity index is 2060. The highest BCUT2D eigenvalue weighted by Crippen LogP contribution is 2.53. The van der Waals surface area contributed by atoms with Crippen LogP contribution in [0.1, 0.15) is 0 Å². The van der Waals surface area contributed by atoms with Gasteiger partial charge in [0, 0.05) is 37.8 Å². The third kappa shape index (κ3) is 2.74. The molecule has 1 aliphatic heterocycles. The van der Waals surface area contributed by atoms with Gasteiger partial charge in [0.1, 0.15) is 0 Å². The molecule has 1 atom stereocenters. The van der Waals surface area contributed by atoms with Crippen LogP contribution in [0.2, 0.25) is 0 Å². The summed E-state index contributed by atoms with van der Waals surface area (Å²) in [5.74, 6) is 0. The van der Waals surface area contributed by atoms with Gasteiger partial charge in [-0.3, -0.25) is 0 Å². The molecular weight excluding hydrogens is 469 g/mol. The number of rotatable bonds is 2. The topological polar surface area (TPSA) is 22.0 Å². The van der Waals surface area contributed by atoms with Crippen molar-refractivity contribution in [2.45, 2.75) is 0 Å². The van der Waals surface area contributed by atoms with Gasteiger partial charge in [-0.05, 0) is 40.8 Å². The second-order valence-corrected chi connectivity index (χ2v) is 12.4. The van der Waals surface area contributed by atoms with E-state index in [0.717, 1.165) is 43.6 Å². The van der Waals surface area contributed by atoms with Gasteiger partial charge in [-0.2, -0.15) is 0 Å². The third-order valence-electron chi connectivity index (χ3n) is 7.78. The first-order valence-corrected chi connectivity index (χ1v) is 14.3. The number of para-hydroxylation sites is 1. The molecular formula is C34H22NOP. The number of nitrogens with zero attached hydrogens (tertiary/aromatic N) is 1. The number of hydrogen-bond donors (Lipinski definition) is 0. The fourth-order valence-electron chi connectivity index (χ4n) is 6.15. The van der Waals surface area contributed by atoms with E-state index in [2.05, 4.69) is 89.5 Å². The van der Waals surface area contributed by atoms with Crippen LogP contribution in [0.4, 0.5) is 0 Å². The quantitative estimate of drug-likeness (QED) is 0.229. The first kappa shape index (κ1) is 20.8. The first-order chi connectivity index (χ1) is 18.2. The monoisotopic (exact) mass is 491 g/mol. The van der Waals surface area contributed by atoms with E-state index in [1.54, 1.807) is 0 Å². The molecule has 1 unspecified atom stereocenters. The normalized spacial score (nSPS) is 16.3. The molecule has 8 rings (SSSR count). The molecule has 3 heteroatoms. The van der Waals surface area contributed by atoms with Gasteiger partial charge in [-0.25, -0.2) is 0 Å². The van der Waals surface area contributed by atoms with Crippen molar-refractivity contribution in [1.82, 2.24) is 4.57 Å². The van der Waals surface area contributed by atoms with Crippen LogP contribution < -0.4 is 15.9 Å². The van der Waals surface area contributed by atoms with Crippen LogP contribution in [-0.4, -0.2) is 4.57 Å². The second kappa shape index (κ2) is 7.56. The molecule has 174 valence electrons. The van der Waals surface area contributed by atoms with Crippen LogP contribution in [0.15, 0.2) is 133 Å². The number of aromatic nitrogens is 1. The Hall–Kier alpha value is -4.39. The first-order valence-electron chi connectivity index (χ1n) is 12.6. The predicted molar refractivity (Wildman–Crippen MR) is 157 cm³/mol. The number of hydrogen-bond acceptors (Lipinski definition) is 1. The molecule has 0 saturated carbocycles. The van der Waals surface area contributed by atoms with Crippen molar-refractivity contribution in [3.63, 3.8) is 0 Å². The molecule has 2 nitrogen and oxygen atoms in total. The van der Waals surface area contributed by atoms with Crippen molar-refractivity contribution < 1.29 is 4.57 Å². The lowest BCUT2D eigenvalue weighted by molar-refractivity contribution is 0.593. The van der Waals surface area contributed by atoms with E-state index in [1.807, 2.05) is 48.5 Å². The van der Waals surface area contributed by atoms with Crippen LogP contribution in [0.3, 0.4) is 0 Å². The van der Waals surface area contributed by atoms with E-state index in [0.29, 0.717) is 0 Å². The van der Waals surface area contributed by atoms with Crippen molar-refractivity contribution >= 4 is 55.6 Å². The fraction of sp³-hybridized carbons (Fsp3) is 0. The minimum absolute atomic E-state index is 0.887. The van der Waals surface area contributed by atoms with E-state index in [4.69, 9.17) is 0 Å². The van der Waals surface area contributed by atoms with Gasteiger partial charge in [0.05, 0.1) is 11.0 Å². The van der Waals surface area contributed by atoms with Crippen LogP contribution in [0.25, 0.3) is 49.4 Å². The molecule has 0 radical (unpaired) electrons. The molecule has 0 N–H and O–H groups in total. The molecule has 1 aliphatic rings. The zero-order valence-electron chi connectivity index (χ0n) is 20.0. The van der Waals surface area contributed by atoms with E-state index >= 15 is 4.57 Å². The lowest BCUT2D eigenvalue weighted by atomic mass is 10.0. The molecule has 0 amide bonds. The Balaban J connectivity index is 1.58. The summed E-state index contributed by atoms with van der Waals surface area (Å²) in [6.45, 7) is 0. The maximum Gasteiger partial charge on any atom is 0.172 e. The maximum atomic E-state index is 15.1. The molecule has 37 heavy (non-hydrogen) atoms. The van der Waals surface area contributed by atoms with Gasteiger partial charge in [0.15, 0.2) is 7.14 Å². The number of fused-ring (bicyclic) bond motifs is 8. The van der Waals surface area contributed by atoms with E-state index < -0.39 is 7.14 Å². The Morgan fingerprint density at radius 2 is 1.22 bits per heavy atom. The van der Waals surface area contributed by atoms with Crippen molar-refractivity contribution in [2.24, 2.45) is 0 Å². The minimum atomic E-state index is -3.00. The molecule has 2 heterocycles. The van der Waals surface area contributed by atoms with Crippen LogP contribution in [0, 0.1) is 0 Å². The summed E-state index contributed by atoms with van der Waals surface area (Å²) in [7, 11) is -3.00. The van der Waals surface area contributed by atoms with Crippen LogP contribution in [0.5, 0.6) is 0 Å². The zero-order valence-corrected chi connectivity index (χ0v) is 20.9. The highest BCUT2D eigenvalue weighted by molar-refractivity contribution is 7.86. The minimum Gasteiger partial charge on any atom is -0.309 e. The average molecular weight is 492 g/mol. The molecule has 6 aromatic carbocycles. The second-order valence-electron chi connectivity index (χ2n) is 9.70. The van der Waals surface area contributed by atoms with Crippen molar-refractivity contribution in [1.29, 1.82) is 0 Å². The van der Waals surface area contributed by atoms with E-state index in [-0.39, 0.29) is 0 Å². The SMILES string of the molecule is O=P1(c2ccccc2)c2ccccc2-c2cc3c(cc21)c1ccc2ccccc2c1n3-c1ccccc1. The van der Waals surface area contributed by atoms with Gasteiger partial charge >= 0.3 is 0 Å². The molecule has 1 aromatic heterocycles. The van der Waals surface area contributed by atoms with Crippen molar-refractivity contribution in [3.8, 4) is 16.8 Å². The Morgan fingerprint density at radius 3 is 2.05 bits per heavy atom. The average Bonchev–Trinajstić information content (AvgIpc) is 3.43.